The lowest BCUT2D eigenvalue weighted by molar-refractivity contribution is 0.429. The van der Waals surface area contributed by atoms with Crippen LogP contribution < -0.4 is 4.74 Å². The van der Waals surface area contributed by atoms with Crippen LogP contribution in [0.1, 0.15) is 44.6 Å². The van der Waals surface area contributed by atoms with Gasteiger partial charge in [-0.1, -0.05) is 35.3 Å². The summed E-state index contributed by atoms with van der Waals surface area (Å²) in [6.45, 7) is 10.3. The molecule has 2 aromatic carbocycles. The van der Waals surface area contributed by atoms with Gasteiger partial charge in [0.05, 0.1) is 22.5 Å². The molecule has 8 heteroatoms. The summed E-state index contributed by atoms with van der Waals surface area (Å²) in [6, 6.07) is 11.8. The second-order valence-electron chi connectivity index (χ2n) is 8.19. The lowest BCUT2D eigenvalue weighted by Crippen LogP contribution is -2.24. The van der Waals surface area contributed by atoms with Crippen molar-refractivity contribution < 1.29 is 4.74 Å². The van der Waals surface area contributed by atoms with Crippen LogP contribution in [0.15, 0.2) is 41.4 Å². The van der Waals surface area contributed by atoms with E-state index >= 15 is 0 Å². The Hall–Kier alpha value is -2.15. The van der Waals surface area contributed by atoms with E-state index in [1.807, 2.05) is 49.2 Å². The fourth-order valence-corrected chi connectivity index (χ4v) is 3.75. The highest BCUT2D eigenvalue weighted by atomic mass is 35.5. The first kappa shape index (κ1) is 23.5. The van der Waals surface area contributed by atoms with Gasteiger partial charge in [-0.2, -0.15) is 9.36 Å². The molecule has 0 atom stereocenters. The topological polar surface area (TPSA) is 50.6 Å². The van der Waals surface area contributed by atoms with Crippen LogP contribution in [0.5, 0.6) is 10.9 Å². The van der Waals surface area contributed by atoms with E-state index in [9.17, 15) is 0 Å². The molecule has 0 fully saturated rings. The number of hydrogen-bond acceptors (Lipinski definition) is 5. The van der Waals surface area contributed by atoms with Crippen LogP contribution >= 0.6 is 34.7 Å². The second-order valence-corrected chi connectivity index (χ2v) is 9.75. The van der Waals surface area contributed by atoms with Crippen molar-refractivity contribution in [3.8, 4) is 10.9 Å². The fourth-order valence-electron chi connectivity index (χ4n) is 2.74. The first-order valence-corrected chi connectivity index (χ1v) is 11.4. The van der Waals surface area contributed by atoms with Gasteiger partial charge in [0.2, 0.25) is 0 Å². The van der Waals surface area contributed by atoms with Gasteiger partial charge in [-0.05, 0) is 63.9 Å². The molecule has 1 heterocycles. The van der Waals surface area contributed by atoms with Crippen LogP contribution in [0.25, 0.3) is 0 Å². The largest absolute Gasteiger partial charge is 0.430 e. The first-order valence-electron chi connectivity index (χ1n) is 9.92. The maximum atomic E-state index is 6.45. The molecule has 164 valence electrons. The predicted octanol–water partition coefficient (Wildman–Crippen LogP) is 7.27. The molecule has 0 unspecified atom stereocenters. The first-order chi connectivity index (χ1) is 14.6. The molecule has 0 saturated heterocycles. The van der Waals surface area contributed by atoms with Gasteiger partial charge in [-0.25, -0.2) is 4.99 Å². The van der Waals surface area contributed by atoms with Gasteiger partial charge in [-0.3, -0.25) is 0 Å². The molecular formula is C23H26Cl2N4OS. The maximum absolute atomic E-state index is 6.45. The van der Waals surface area contributed by atoms with Crippen LogP contribution in [0.2, 0.25) is 10.0 Å². The van der Waals surface area contributed by atoms with Crippen molar-refractivity contribution in [2.75, 3.05) is 7.05 Å². The van der Waals surface area contributed by atoms with Crippen LogP contribution in [0.3, 0.4) is 0 Å². The molecule has 1 aromatic heterocycles. The summed E-state index contributed by atoms with van der Waals surface area (Å²) in [4.78, 5) is 11.1. The van der Waals surface area contributed by atoms with E-state index in [1.54, 1.807) is 12.4 Å². The highest BCUT2D eigenvalue weighted by Crippen LogP contribution is 2.37. The van der Waals surface area contributed by atoms with Crippen molar-refractivity contribution >= 4 is 46.8 Å². The summed E-state index contributed by atoms with van der Waals surface area (Å²) in [5.41, 5.74) is 2.31. The van der Waals surface area contributed by atoms with Crippen LogP contribution in [-0.2, 0) is 5.41 Å². The van der Waals surface area contributed by atoms with Crippen molar-refractivity contribution in [3.05, 3.63) is 63.4 Å². The minimum absolute atomic E-state index is 0.356. The maximum Gasteiger partial charge on any atom is 0.298 e. The minimum atomic E-state index is -0.379. The lowest BCUT2D eigenvalue weighted by atomic mass is 9.84. The van der Waals surface area contributed by atoms with E-state index in [1.165, 1.54) is 11.5 Å². The molecule has 0 aliphatic carbocycles. The van der Waals surface area contributed by atoms with Gasteiger partial charge >= 0.3 is 0 Å². The smallest absolute Gasteiger partial charge is 0.298 e. The Morgan fingerprint density at radius 3 is 2.48 bits per heavy atom. The van der Waals surface area contributed by atoms with Crippen molar-refractivity contribution in [2.24, 2.45) is 4.99 Å². The zero-order chi connectivity index (χ0) is 22.8. The molecule has 0 spiro atoms. The van der Waals surface area contributed by atoms with E-state index in [4.69, 9.17) is 27.9 Å². The number of ether oxygens (including phenoxy) is 1. The van der Waals surface area contributed by atoms with Gasteiger partial charge in [0.15, 0.2) is 5.82 Å². The van der Waals surface area contributed by atoms with Gasteiger partial charge in [0.25, 0.3) is 5.19 Å². The summed E-state index contributed by atoms with van der Waals surface area (Å²) < 4.78 is 10.5. The average Bonchev–Trinajstić information content (AvgIpc) is 3.19. The monoisotopic (exact) mass is 476 g/mol. The number of aryl methyl sites for hydroxylation is 1. The predicted molar refractivity (Wildman–Crippen MR) is 131 cm³/mol. The summed E-state index contributed by atoms with van der Waals surface area (Å²) in [5, 5.41) is 1.68. The number of aromatic nitrogens is 2. The average molecular weight is 477 g/mol. The Kier molecular flexibility index (Phi) is 7.24. The van der Waals surface area contributed by atoms with Crippen molar-refractivity contribution in [2.45, 2.75) is 46.1 Å². The molecule has 0 N–H and O–H groups in total. The van der Waals surface area contributed by atoms with E-state index in [-0.39, 0.29) is 5.41 Å². The van der Waals surface area contributed by atoms with E-state index < -0.39 is 0 Å². The number of benzene rings is 2. The highest BCUT2D eigenvalue weighted by Gasteiger charge is 2.28. The van der Waals surface area contributed by atoms with Gasteiger partial charge in [0.1, 0.15) is 5.75 Å². The van der Waals surface area contributed by atoms with Crippen LogP contribution in [0, 0.1) is 6.92 Å². The lowest BCUT2D eigenvalue weighted by Gasteiger charge is -2.21. The summed E-state index contributed by atoms with van der Waals surface area (Å²) in [5.74, 6) is 1.32. The molecule has 0 amide bonds. The Morgan fingerprint density at radius 1 is 1.16 bits per heavy atom. The summed E-state index contributed by atoms with van der Waals surface area (Å²) in [6.07, 6.45) is 1.78. The zero-order valence-electron chi connectivity index (χ0n) is 18.5. The summed E-state index contributed by atoms with van der Waals surface area (Å²) >= 11 is 13.7. The molecule has 0 radical (unpaired) electrons. The Balaban J connectivity index is 1.80. The molecule has 5 nitrogen and oxygen atoms in total. The van der Waals surface area contributed by atoms with Gasteiger partial charge < -0.3 is 9.64 Å². The van der Waals surface area contributed by atoms with Crippen LogP contribution in [0.4, 0.5) is 5.69 Å². The third-order valence-corrected chi connectivity index (χ3v) is 6.32. The minimum Gasteiger partial charge on any atom is -0.430 e. The third kappa shape index (κ3) is 5.56. The highest BCUT2D eigenvalue weighted by molar-refractivity contribution is 7.07. The second kappa shape index (κ2) is 9.55. The third-order valence-electron chi connectivity index (χ3n) is 5.17. The molecule has 31 heavy (non-hydrogen) atoms. The Bertz CT molecular complexity index is 1080. The SMILES string of the molecule is Cc1cc(N=CN(C)C(C)C)c(Cl)cc1Oc1nc(C(C)(C)c2ccc(Cl)cc2)ns1. The number of rotatable bonds is 7. The Labute approximate surface area is 197 Å². The van der Waals surface area contributed by atoms with Crippen molar-refractivity contribution in [3.63, 3.8) is 0 Å². The molecule has 3 rings (SSSR count). The van der Waals surface area contributed by atoms with E-state index in [0.717, 1.165) is 11.1 Å². The quantitative estimate of drug-likeness (QED) is 0.265. The molecule has 0 aliphatic heterocycles. The molecular weight excluding hydrogens is 451 g/mol. The number of halogens is 2. The Morgan fingerprint density at radius 2 is 1.84 bits per heavy atom. The standard InChI is InChI=1S/C23H26Cl2N4OS/c1-14(2)29(6)13-26-19-11-15(3)20(12-18(19)25)30-22-27-21(28-31-22)23(4,5)16-7-9-17(24)10-8-16/h7-14H,1-6H3. The van der Waals surface area contributed by atoms with Crippen molar-refractivity contribution in [1.29, 1.82) is 0 Å². The molecule has 0 saturated carbocycles. The van der Waals surface area contributed by atoms with Gasteiger partial charge in [0, 0.05) is 35.7 Å². The summed E-state index contributed by atoms with van der Waals surface area (Å²) in [7, 11) is 1.98. The van der Waals surface area contributed by atoms with Crippen molar-refractivity contribution in [1.82, 2.24) is 14.3 Å². The fraction of sp³-hybridized carbons (Fsp3) is 0.348. The van der Waals surface area contributed by atoms with Crippen LogP contribution in [-0.4, -0.2) is 33.7 Å². The number of hydrogen-bond donors (Lipinski definition) is 0. The number of nitrogens with zero attached hydrogens (tertiary/aromatic N) is 4. The number of aliphatic imine (C=N–C) groups is 1. The van der Waals surface area contributed by atoms with E-state index in [2.05, 4.69) is 42.0 Å². The molecule has 0 aliphatic rings. The zero-order valence-corrected chi connectivity index (χ0v) is 20.8. The normalized spacial score (nSPS) is 12.0. The molecule has 3 aromatic rings. The molecule has 0 bridgehead atoms. The van der Waals surface area contributed by atoms with E-state index in [0.29, 0.717) is 38.5 Å². The van der Waals surface area contributed by atoms with Gasteiger partial charge in [-0.15, -0.1) is 0 Å².